The van der Waals surface area contributed by atoms with Gasteiger partial charge in [-0.25, -0.2) is 0 Å². The average Bonchev–Trinajstić information content (AvgIpc) is 2.29. The van der Waals surface area contributed by atoms with Gasteiger partial charge in [0.15, 0.2) is 0 Å². The quantitative estimate of drug-likeness (QED) is 0.833. The zero-order valence-electron chi connectivity index (χ0n) is 12.2. The van der Waals surface area contributed by atoms with E-state index in [1.54, 1.807) is 13.8 Å². The summed E-state index contributed by atoms with van der Waals surface area (Å²) in [5, 5.41) is 2.80. The summed E-state index contributed by atoms with van der Waals surface area (Å²) in [7, 11) is 0. The standard InChI is InChI=1S/C14H26N2O2/c1-6-7-10(2)9-16-11(3)8-12(17)15-14(4,5)13(16)18/h10-11H,6-9H2,1-5H3,(H,15,17). The second kappa shape index (κ2) is 5.72. The van der Waals surface area contributed by atoms with Crippen LogP contribution in [0.3, 0.4) is 0 Å². The fourth-order valence-corrected chi connectivity index (χ4v) is 2.57. The van der Waals surface area contributed by atoms with Gasteiger partial charge >= 0.3 is 0 Å². The highest BCUT2D eigenvalue weighted by Crippen LogP contribution is 2.20. The Morgan fingerprint density at radius 3 is 2.61 bits per heavy atom. The second-order valence-electron chi connectivity index (χ2n) is 6.08. The first-order valence-corrected chi connectivity index (χ1v) is 6.90. The van der Waals surface area contributed by atoms with Crippen LogP contribution in [0.2, 0.25) is 0 Å². The van der Waals surface area contributed by atoms with Crippen LogP contribution in [0, 0.1) is 5.92 Å². The second-order valence-corrected chi connectivity index (χ2v) is 6.08. The number of carbonyl (C=O) groups excluding carboxylic acids is 2. The highest BCUT2D eigenvalue weighted by atomic mass is 16.2. The van der Waals surface area contributed by atoms with Crippen molar-refractivity contribution in [3.05, 3.63) is 0 Å². The molecule has 1 saturated heterocycles. The molecule has 1 aliphatic rings. The number of carbonyl (C=O) groups is 2. The maximum atomic E-state index is 12.5. The lowest BCUT2D eigenvalue weighted by Crippen LogP contribution is -2.54. The summed E-state index contributed by atoms with van der Waals surface area (Å²) in [6.07, 6.45) is 2.63. The number of amides is 2. The third-order valence-corrected chi connectivity index (χ3v) is 3.55. The molecule has 1 aliphatic heterocycles. The highest BCUT2D eigenvalue weighted by Gasteiger charge is 2.39. The van der Waals surface area contributed by atoms with E-state index >= 15 is 0 Å². The van der Waals surface area contributed by atoms with Crippen molar-refractivity contribution in [2.45, 2.75) is 65.5 Å². The van der Waals surface area contributed by atoms with Gasteiger partial charge in [-0.15, -0.1) is 0 Å². The molecule has 18 heavy (non-hydrogen) atoms. The predicted octanol–water partition coefficient (Wildman–Crippen LogP) is 1.94. The van der Waals surface area contributed by atoms with Crippen molar-refractivity contribution in [3.8, 4) is 0 Å². The van der Waals surface area contributed by atoms with Gasteiger partial charge in [0.25, 0.3) is 0 Å². The van der Waals surface area contributed by atoms with Crippen molar-refractivity contribution in [2.75, 3.05) is 6.54 Å². The van der Waals surface area contributed by atoms with E-state index in [9.17, 15) is 9.59 Å². The minimum atomic E-state index is -0.784. The molecular weight excluding hydrogens is 228 g/mol. The van der Waals surface area contributed by atoms with Gasteiger partial charge in [-0.3, -0.25) is 9.59 Å². The molecule has 2 unspecified atom stereocenters. The SMILES string of the molecule is CCCC(C)CN1C(=O)C(C)(C)NC(=O)CC1C. The number of rotatable bonds is 4. The van der Waals surface area contributed by atoms with Gasteiger partial charge in [-0.05, 0) is 33.1 Å². The fraction of sp³-hybridized carbons (Fsp3) is 0.857. The first-order valence-electron chi connectivity index (χ1n) is 6.90. The fourth-order valence-electron chi connectivity index (χ4n) is 2.57. The van der Waals surface area contributed by atoms with E-state index in [2.05, 4.69) is 19.2 Å². The highest BCUT2D eigenvalue weighted by molar-refractivity contribution is 5.93. The third kappa shape index (κ3) is 3.47. The molecule has 1 rings (SSSR count). The zero-order chi connectivity index (χ0) is 13.9. The topological polar surface area (TPSA) is 49.4 Å². The van der Waals surface area contributed by atoms with Gasteiger partial charge in [0, 0.05) is 19.0 Å². The Balaban J connectivity index is 2.85. The summed E-state index contributed by atoms with van der Waals surface area (Å²) >= 11 is 0. The van der Waals surface area contributed by atoms with E-state index in [0.717, 1.165) is 19.4 Å². The molecule has 0 radical (unpaired) electrons. The molecule has 1 heterocycles. The van der Waals surface area contributed by atoms with Gasteiger partial charge in [-0.1, -0.05) is 20.3 Å². The lowest BCUT2D eigenvalue weighted by molar-refractivity contribution is -0.139. The van der Waals surface area contributed by atoms with E-state index in [-0.39, 0.29) is 17.9 Å². The van der Waals surface area contributed by atoms with Crippen LogP contribution in [-0.2, 0) is 9.59 Å². The van der Waals surface area contributed by atoms with Gasteiger partial charge < -0.3 is 10.2 Å². The van der Waals surface area contributed by atoms with E-state index in [4.69, 9.17) is 0 Å². The molecule has 0 aromatic carbocycles. The first kappa shape index (κ1) is 15.0. The third-order valence-electron chi connectivity index (χ3n) is 3.55. The smallest absolute Gasteiger partial charge is 0.248 e. The molecule has 0 spiro atoms. The van der Waals surface area contributed by atoms with E-state index in [0.29, 0.717) is 12.3 Å². The van der Waals surface area contributed by atoms with Crippen LogP contribution < -0.4 is 5.32 Å². The Hall–Kier alpha value is -1.06. The molecule has 2 atom stereocenters. The molecule has 0 saturated carbocycles. The Kier molecular flexibility index (Phi) is 4.77. The molecule has 0 aliphatic carbocycles. The lowest BCUT2D eigenvalue weighted by Gasteiger charge is -2.33. The predicted molar refractivity (Wildman–Crippen MR) is 72.1 cm³/mol. The molecule has 0 aromatic heterocycles. The van der Waals surface area contributed by atoms with Crippen molar-refractivity contribution in [2.24, 2.45) is 5.92 Å². The Morgan fingerprint density at radius 1 is 1.44 bits per heavy atom. The Morgan fingerprint density at radius 2 is 2.06 bits per heavy atom. The van der Waals surface area contributed by atoms with Crippen molar-refractivity contribution in [1.82, 2.24) is 10.2 Å². The molecule has 104 valence electrons. The molecule has 0 bridgehead atoms. The van der Waals surface area contributed by atoms with Gasteiger partial charge in [-0.2, -0.15) is 0 Å². The molecular formula is C14H26N2O2. The molecule has 4 nitrogen and oxygen atoms in total. The molecule has 4 heteroatoms. The number of nitrogens with zero attached hydrogens (tertiary/aromatic N) is 1. The van der Waals surface area contributed by atoms with Crippen molar-refractivity contribution in [1.29, 1.82) is 0 Å². The molecule has 1 N–H and O–H groups in total. The Labute approximate surface area is 110 Å². The zero-order valence-corrected chi connectivity index (χ0v) is 12.2. The van der Waals surface area contributed by atoms with Gasteiger partial charge in [0.05, 0.1) is 0 Å². The van der Waals surface area contributed by atoms with Crippen LogP contribution in [0.25, 0.3) is 0 Å². The summed E-state index contributed by atoms with van der Waals surface area (Å²) in [4.78, 5) is 26.1. The van der Waals surface area contributed by atoms with Crippen LogP contribution in [0.1, 0.15) is 53.9 Å². The molecule has 1 fully saturated rings. The number of hydrogen-bond donors (Lipinski definition) is 1. The van der Waals surface area contributed by atoms with Crippen molar-refractivity contribution >= 4 is 11.8 Å². The summed E-state index contributed by atoms with van der Waals surface area (Å²) < 4.78 is 0. The van der Waals surface area contributed by atoms with Crippen LogP contribution >= 0.6 is 0 Å². The molecule has 0 aromatic rings. The van der Waals surface area contributed by atoms with E-state index in [1.807, 2.05) is 11.8 Å². The number of nitrogens with one attached hydrogen (secondary N) is 1. The molecule has 2 amide bonds. The summed E-state index contributed by atoms with van der Waals surface area (Å²) in [5.41, 5.74) is -0.784. The van der Waals surface area contributed by atoms with Crippen LogP contribution in [-0.4, -0.2) is 34.8 Å². The first-order chi connectivity index (χ1) is 8.27. The maximum absolute atomic E-state index is 12.5. The Bertz CT molecular complexity index is 326. The largest absolute Gasteiger partial charge is 0.342 e. The average molecular weight is 254 g/mol. The van der Waals surface area contributed by atoms with E-state index < -0.39 is 5.54 Å². The van der Waals surface area contributed by atoms with Crippen LogP contribution in [0.5, 0.6) is 0 Å². The maximum Gasteiger partial charge on any atom is 0.248 e. The van der Waals surface area contributed by atoms with Crippen LogP contribution in [0.15, 0.2) is 0 Å². The summed E-state index contributed by atoms with van der Waals surface area (Å²) in [6.45, 7) is 10.6. The lowest BCUT2D eigenvalue weighted by atomic mass is 10.0. The summed E-state index contributed by atoms with van der Waals surface area (Å²) in [5.74, 6) is 0.473. The summed E-state index contributed by atoms with van der Waals surface area (Å²) in [6, 6.07) is -0.0152. The minimum absolute atomic E-state index is 0.0152. The van der Waals surface area contributed by atoms with E-state index in [1.165, 1.54) is 0 Å². The number of hydrogen-bond acceptors (Lipinski definition) is 2. The van der Waals surface area contributed by atoms with Crippen molar-refractivity contribution in [3.63, 3.8) is 0 Å². The van der Waals surface area contributed by atoms with Crippen molar-refractivity contribution < 1.29 is 9.59 Å². The monoisotopic (exact) mass is 254 g/mol. The van der Waals surface area contributed by atoms with Gasteiger partial charge in [0.1, 0.15) is 5.54 Å². The minimum Gasteiger partial charge on any atom is -0.342 e. The van der Waals surface area contributed by atoms with Crippen LogP contribution in [0.4, 0.5) is 0 Å². The van der Waals surface area contributed by atoms with Gasteiger partial charge in [0.2, 0.25) is 11.8 Å². The normalized spacial score (nSPS) is 25.6.